The van der Waals surface area contributed by atoms with Crippen LogP contribution in [0.25, 0.3) is 0 Å². The van der Waals surface area contributed by atoms with Crippen molar-refractivity contribution in [2.24, 2.45) is 16.7 Å². The molecule has 0 bridgehead atoms. The van der Waals surface area contributed by atoms with Gasteiger partial charge in [-0.25, -0.2) is 10.4 Å². The highest BCUT2D eigenvalue weighted by Gasteiger charge is 2.56. The molecule has 0 amide bonds. The van der Waals surface area contributed by atoms with Gasteiger partial charge in [0.1, 0.15) is 5.41 Å². The zero-order valence-electron chi connectivity index (χ0n) is 12.7. The Morgan fingerprint density at radius 3 is 1.86 bits per heavy atom. The smallest absolute Gasteiger partial charge is 0.162 e. The minimum absolute atomic E-state index is 0.0416. The third kappa shape index (κ3) is 2.84. The quantitative estimate of drug-likeness (QED) is 0.786. The van der Waals surface area contributed by atoms with E-state index < -0.39 is 10.8 Å². The van der Waals surface area contributed by atoms with Gasteiger partial charge in [0, 0.05) is 19.5 Å². The molecule has 2 unspecified atom stereocenters. The molecule has 0 aromatic rings. The van der Waals surface area contributed by atoms with Gasteiger partial charge in [0.25, 0.3) is 0 Å². The molecule has 0 aromatic carbocycles. The van der Waals surface area contributed by atoms with Gasteiger partial charge < -0.3 is 0 Å². The average molecular weight is 284 g/mol. The van der Waals surface area contributed by atoms with Gasteiger partial charge in [-0.05, 0) is 12.3 Å². The average Bonchev–Trinajstić information content (AvgIpc) is 2.53. The van der Waals surface area contributed by atoms with Gasteiger partial charge in [0.05, 0.1) is 30.3 Å². The molecule has 21 heavy (non-hydrogen) atoms. The first-order valence-electron chi connectivity index (χ1n) is 7.13. The molecular formula is C15H20N6. The summed E-state index contributed by atoms with van der Waals surface area (Å²) < 4.78 is 0. The second-order valence-corrected chi connectivity index (χ2v) is 5.56. The summed E-state index contributed by atoms with van der Waals surface area (Å²) in [6.07, 6.45) is 0.402. The Morgan fingerprint density at radius 2 is 1.48 bits per heavy atom. The van der Waals surface area contributed by atoms with Crippen LogP contribution in [0.3, 0.4) is 0 Å². The first-order chi connectivity index (χ1) is 9.97. The fourth-order valence-corrected chi connectivity index (χ4v) is 2.87. The number of hydrogen-bond donors (Lipinski definition) is 1. The highest BCUT2D eigenvalue weighted by atomic mass is 15.5. The van der Waals surface area contributed by atoms with Crippen molar-refractivity contribution in [3.63, 3.8) is 0 Å². The van der Waals surface area contributed by atoms with E-state index >= 15 is 0 Å². The number of nitrogens with one attached hydrogen (secondary N) is 1. The molecule has 2 atom stereocenters. The van der Waals surface area contributed by atoms with E-state index in [1.165, 1.54) is 0 Å². The lowest BCUT2D eigenvalue weighted by molar-refractivity contribution is 0.0588. The normalized spacial score (nSPS) is 26.1. The molecule has 6 nitrogen and oxygen atoms in total. The van der Waals surface area contributed by atoms with Crippen LogP contribution < -0.4 is 5.43 Å². The second-order valence-electron chi connectivity index (χ2n) is 5.56. The van der Waals surface area contributed by atoms with E-state index in [9.17, 15) is 21.0 Å². The van der Waals surface area contributed by atoms with Gasteiger partial charge in [-0.1, -0.05) is 20.8 Å². The molecule has 0 aromatic heterocycles. The van der Waals surface area contributed by atoms with Gasteiger partial charge in [0.2, 0.25) is 0 Å². The van der Waals surface area contributed by atoms with Crippen LogP contribution in [0.15, 0.2) is 0 Å². The standard InChI is InChI=1S/C15H20N6/c1-4-21(5-2)20-13-6-12(3)14(8-16,9-17)7-15(13,10-18)11-19/h12-13,20H,4-7H2,1-3H3. The lowest BCUT2D eigenvalue weighted by Crippen LogP contribution is -2.58. The molecule has 110 valence electrons. The molecule has 1 aliphatic carbocycles. The molecule has 1 rings (SSSR count). The zero-order chi connectivity index (χ0) is 16.1. The molecular weight excluding hydrogens is 264 g/mol. The van der Waals surface area contributed by atoms with Crippen molar-refractivity contribution in [3.05, 3.63) is 0 Å². The van der Waals surface area contributed by atoms with E-state index in [-0.39, 0.29) is 18.4 Å². The van der Waals surface area contributed by atoms with E-state index in [2.05, 4.69) is 17.6 Å². The van der Waals surface area contributed by atoms with E-state index in [0.29, 0.717) is 6.42 Å². The van der Waals surface area contributed by atoms with E-state index in [4.69, 9.17) is 0 Å². The summed E-state index contributed by atoms with van der Waals surface area (Å²) in [6.45, 7) is 7.30. The van der Waals surface area contributed by atoms with Crippen molar-refractivity contribution in [2.75, 3.05) is 13.1 Å². The third-order valence-electron chi connectivity index (χ3n) is 4.48. The van der Waals surface area contributed by atoms with Crippen molar-refractivity contribution >= 4 is 0 Å². The van der Waals surface area contributed by atoms with Gasteiger partial charge in [0.15, 0.2) is 5.41 Å². The van der Waals surface area contributed by atoms with Crippen LogP contribution in [0.5, 0.6) is 0 Å². The SMILES string of the molecule is CCN(CC)NC1CC(C)C(C#N)(C#N)CC1(C#N)C#N. The van der Waals surface area contributed by atoms with Crippen LogP contribution in [-0.2, 0) is 0 Å². The molecule has 1 fully saturated rings. The Morgan fingerprint density at radius 1 is 1.00 bits per heavy atom. The molecule has 0 aliphatic heterocycles. The van der Waals surface area contributed by atoms with Crippen molar-refractivity contribution < 1.29 is 0 Å². The molecule has 0 spiro atoms. The van der Waals surface area contributed by atoms with Crippen LogP contribution >= 0.6 is 0 Å². The fraction of sp³-hybridized carbons (Fsp3) is 0.733. The number of hydrazine groups is 1. The summed E-state index contributed by atoms with van der Waals surface area (Å²) >= 11 is 0. The highest BCUT2D eigenvalue weighted by Crippen LogP contribution is 2.49. The first kappa shape index (κ1) is 16.9. The number of nitriles is 4. The van der Waals surface area contributed by atoms with Crippen molar-refractivity contribution in [1.82, 2.24) is 10.4 Å². The molecule has 0 heterocycles. The van der Waals surface area contributed by atoms with E-state index in [0.717, 1.165) is 13.1 Å². The summed E-state index contributed by atoms with van der Waals surface area (Å²) in [4.78, 5) is 0. The van der Waals surface area contributed by atoms with Gasteiger partial charge in [-0.3, -0.25) is 0 Å². The predicted molar refractivity (Wildman–Crippen MR) is 75.6 cm³/mol. The van der Waals surface area contributed by atoms with Crippen LogP contribution in [-0.4, -0.2) is 24.1 Å². The Balaban J connectivity index is 3.19. The number of hydrogen-bond acceptors (Lipinski definition) is 6. The van der Waals surface area contributed by atoms with Gasteiger partial charge in [-0.2, -0.15) is 21.0 Å². The van der Waals surface area contributed by atoms with Gasteiger partial charge >= 0.3 is 0 Å². The van der Waals surface area contributed by atoms with Crippen molar-refractivity contribution in [2.45, 2.75) is 39.7 Å². The van der Waals surface area contributed by atoms with Gasteiger partial charge in [-0.15, -0.1) is 0 Å². The zero-order valence-corrected chi connectivity index (χ0v) is 12.7. The molecule has 6 heteroatoms. The lowest BCUT2D eigenvalue weighted by atomic mass is 9.57. The summed E-state index contributed by atoms with van der Waals surface area (Å²) in [6, 6.07) is 7.82. The topological polar surface area (TPSA) is 110 Å². The van der Waals surface area contributed by atoms with Crippen molar-refractivity contribution in [1.29, 1.82) is 21.0 Å². The van der Waals surface area contributed by atoms with Crippen LogP contribution in [0, 0.1) is 62.1 Å². The lowest BCUT2D eigenvalue weighted by Gasteiger charge is -2.44. The Kier molecular flexibility index (Phi) is 5.28. The van der Waals surface area contributed by atoms with Crippen LogP contribution in [0.2, 0.25) is 0 Å². The Labute approximate surface area is 126 Å². The number of nitrogens with zero attached hydrogens (tertiary/aromatic N) is 5. The highest BCUT2D eigenvalue weighted by molar-refractivity contribution is 5.30. The third-order valence-corrected chi connectivity index (χ3v) is 4.48. The van der Waals surface area contributed by atoms with E-state index in [1.54, 1.807) is 0 Å². The Hall–Kier alpha value is -2.12. The molecule has 0 radical (unpaired) electrons. The Bertz CT molecular complexity index is 508. The summed E-state index contributed by atoms with van der Waals surface area (Å²) in [7, 11) is 0. The van der Waals surface area contributed by atoms with Crippen LogP contribution in [0.4, 0.5) is 0 Å². The summed E-state index contributed by atoms with van der Waals surface area (Å²) in [5.74, 6) is -0.199. The number of rotatable bonds is 4. The largest absolute Gasteiger partial charge is 0.249 e. The maximum atomic E-state index is 9.53. The van der Waals surface area contributed by atoms with Crippen molar-refractivity contribution in [3.8, 4) is 24.3 Å². The summed E-state index contributed by atoms with van der Waals surface area (Å²) in [5, 5.41) is 39.7. The van der Waals surface area contributed by atoms with E-state index in [1.807, 2.05) is 37.9 Å². The maximum Gasteiger partial charge on any atom is 0.162 e. The molecule has 0 saturated heterocycles. The second kappa shape index (κ2) is 6.55. The first-order valence-corrected chi connectivity index (χ1v) is 7.13. The van der Waals surface area contributed by atoms with Crippen LogP contribution in [0.1, 0.15) is 33.6 Å². The fourth-order valence-electron chi connectivity index (χ4n) is 2.87. The maximum absolute atomic E-state index is 9.53. The minimum Gasteiger partial charge on any atom is -0.249 e. The molecule has 1 N–H and O–H groups in total. The summed E-state index contributed by atoms with van der Waals surface area (Å²) in [5.41, 5.74) is 0.602. The molecule has 1 aliphatic rings. The molecule has 1 saturated carbocycles. The monoisotopic (exact) mass is 284 g/mol. The predicted octanol–water partition coefficient (Wildman–Crippen LogP) is 1.70. The minimum atomic E-state index is -1.36.